The fourth-order valence-electron chi connectivity index (χ4n) is 2.17. The first-order valence-corrected chi connectivity index (χ1v) is 8.74. The van der Waals surface area contributed by atoms with E-state index in [9.17, 15) is 13.2 Å². The molecule has 7 nitrogen and oxygen atoms in total. The number of rotatable bonds is 7. The van der Waals surface area contributed by atoms with Gasteiger partial charge in [-0.1, -0.05) is 19.8 Å². The van der Waals surface area contributed by atoms with Crippen LogP contribution in [-0.2, 0) is 14.8 Å². The number of carbonyl (C=O) groups is 1. The summed E-state index contributed by atoms with van der Waals surface area (Å²) in [6.45, 7) is 5.30. The highest BCUT2D eigenvalue weighted by molar-refractivity contribution is 7.89. The molecular weight excluding hydrogens is 332 g/mol. The third-order valence-electron chi connectivity index (χ3n) is 3.39. The number of nitrogens with zero attached hydrogens (tertiary/aromatic N) is 1. The average molecular weight is 354 g/mol. The SMILES string of the molecule is CC#CCOc1ccc(S(=O)(=O)N(C)[C@@H](C(=O)NO)C(C)C)cc1. The van der Waals surface area contributed by atoms with Gasteiger partial charge in [-0.2, -0.15) is 4.31 Å². The van der Waals surface area contributed by atoms with Crippen molar-refractivity contribution in [2.24, 2.45) is 5.92 Å². The highest BCUT2D eigenvalue weighted by Gasteiger charge is 2.34. The zero-order valence-corrected chi connectivity index (χ0v) is 14.9. The zero-order valence-electron chi connectivity index (χ0n) is 14.1. The number of sulfonamides is 1. The predicted octanol–water partition coefficient (Wildman–Crippen LogP) is 1.24. The Morgan fingerprint density at radius 2 is 1.92 bits per heavy atom. The summed E-state index contributed by atoms with van der Waals surface area (Å²) in [6, 6.07) is 4.81. The number of hydrogen-bond donors (Lipinski definition) is 2. The van der Waals surface area contributed by atoms with Gasteiger partial charge >= 0.3 is 0 Å². The lowest BCUT2D eigenvalue weighted by Crippen LogP contribution is -2.49. The summed E-state index contributed by atoms with van der Waals surface area (Å²) >= 11 is 0. The van der Waals surface area contributed by atoms with E-state index in [-0.39, 0.29) is 17.4 Å². The van der Waals surface area contributed by atoms with Crippen molar-refractivity contribution in [3.05, 3.63) is 24.3 Å². The van der Waals surface area contributed by atoms with Crippen molar-refractivity contribution in [1.29, 1.82) is 0 Å². The van der Waals surface area contributed by atoms with E-state index in [0.29, 0.717) is 5.75 Å². The van der Waals surface area contributed by atoms with Crippen LogP contribution in [0.15, 0.2) is 29.2 Å². The number of nitrogens with one attached hydrogen (secondary N) is 1. The number of benzene rings is 1. The smallest absolute Gasteiger partial charge is 0.262 e. The van der Waals surface area contributed by atoms with Crippen molar-refractivity contribution in [3.8, 4) is 17.6 Å². The number of hydrogen-bond acceptors (Lipinski definition) is 5. The van der Waals surface area contributed by atoms with Gasteiger partial charge in [-0.3, -0.25) is 10.0 Å². The molecule has 1 atom stereocenters. The van der Waals surface area contributed by atoms with E-state index < -0.39 is 22.0 Å². The largest absolute Gasteiger partial charge is 0.481 e. The summed E-state index contributed by atoms with van der Waals surface area (Å²) in [7, 11) is -2.60. The molecule has 0 fully saturated rings. The summed E-state index contributed by atoms with van der Waals surface area (Å²) < 4.78 is 31.6. The molecule has 0 saturated carbocycles. The first kappa shape index (κ1) is 20.0. The molecule has 0 aromatic heterocycles. The van der Waals surface area contributed by atoms with Gasteiger partial charge < -0.3 is 4.74 Å². The lowest BCUT2D eigenvalue weighted by Gasteiger charge is -2.28. The maximum Gasteiger partial charge on any atom is 0.262 e. The number of hydroxylamine groups is 1. The quantitative estimate of drug-likeness (QED) is 0.436. The van der Waals surface area contributed by atoms with Crippen LogP contribution in [0.25, 0.3) is 0 Å². The van der Waals surface area contributed by atoms with Crippen molar-refractivity contribution >= 4 is 15.9 Å². The molecule has 1 rings (SSSR count). The van der Waals surface area contributed by atoms with E-state index in [4.69, 9.17) is 9.94 Å². The first-order valence-electron chi connectivity index (χ1n) is 7.30. The number of amides is 1. The summed E-state index contributed by atoms with van der Waals surface area (Å²) in [5, 5.41) is 8.83. The van der Waals surface area contributed by atoms with Crippen molar-refractivity contribution in [2.45, 2.75) is 31.7 Å². The summed E-state index contributed by atoms with van der Waals surface area (Å²) in [5.41, 5.74) is 1.51. The molecule has 24 heavy (non-hydrogen) atoms. The Balaban J connectivity index is 3.04. The molecule has 0 radical (unpaired) electrons. The number of ether oxygens (including phenoxy) is 1. The van der Waals surface area contributed by atoms with Gasteiger partial charge in [-0.25, -0.2) is 13.9 Å². The second-order valence-electron chi connectivity index (χ2n) is 5.37. The molecule has 1 aromatic rings. The number of likely N-dealkylation sites (N-methyl/N-ethyl adjacent to an activating group) is 1. The van der Waals surface area contributed by atoms with Gasteiger partial charge in [0.25, 0.3) is 5.91 Å². The Kier molecular flexibility index (Phi) is 7.22. The van der Waals surface area contributed by atoms with Crippen LogP contribution in [0.4, 0.5) is 0 Å². The average Bonchev–Trinajstić information content (AvgIpc) is 2.55. The molecule has 0 aliphatic carbocycles. The molecule has 0 heterocycles. The Morgan fingerprint density at radius 3 is 2.38 bits per heavy atom. The topological polar surface area (TPSA) is 95.9 Å². The maximum absolute atomic E-state index is 12.7. The fourth-order valence-corrected chi connectivity index (χ4v) is 3.62. The second-order valence-corrected chi connectivity index (χ2v) is 7.37. The molecule has 1 aromatic carbocycles. The van der Waals surface area contributed by atoms with Gasteiger partial charge in [-0.05, 0) is 37.1 Å². The molecule has 0 unspecified atom stereocenters. The Morgan fingerprint density at radius 1 is 1.33 bits per heavy atom. The third kappa shape index (κ3) is 4.71. The normalized spacial score (nSPS) is 12.5. The maximum atomic E-state index is 12.7. The van der Waals surface area contributed by atoms with Gasteiger partial charge in [-0.15, -0.1) is 5.92 Å². The van der Waals surface area contributed by atoms with E-state index in [1.54, 1.807) is 20.8 Å². The minimum atomic E-state index is -3.90. The van der Waals surface area contributed by atoms with Gasteiger partial charge in [0.1, 0.15) is 18.4 Å². The Labute approximate surface area is 142 Å². The van der Waals surface area contributed by atoms with Crippen LogP contribution < -0.4 is 10.2 Å². The lowest BCUT2D eigenvalue weighted by molar-refractivity contribution is -0.134. The molecule has 0 spiro atoms. The predicted molar refractivity (Wildman–Crippen MR) is 88.9 cm³/mol. The van der Waals surface area contributed by atoms with Crippen LogP contribution in [-0.4, -0.2) is 43.5 Å². The molecule has 0 bridgehead atoms. The van der Waals surface area contributed by atoms with Crippen LogP contribution in [0.2, 0.25) is 0 Å². The van der Waals surface area contributed by atoms with E-state index >= 15 is 0 Å². The minimum Gasteiger partial charge on any atom is -0.481 e. The van der Waals surface area contributed by atoms with E-state index in [1.807, 2.05) is 0 Å². The van der Waals surface area contributed by atoms with Gasteiger partial charge in [0, 0.05) is 7.05 Å². The minimum absolute atomic E-state index is 0.0234. The highest BCUT2D eigenvalue weighted by Crippen LogP contribution is 2.22. The summed E-state index contributed by atoms with van der Waals surface area (Å²) in [6.07, 6.45) is 0. The summed E-state index contributed by atoms with van der Waals surface area (Å²) in [4.78, 5) is 11.8. The first-order chi connectivity index (χ1) is 11.3. The van der Waals surface area contributed by atoms with Crippen LogP contribution in [0.1, 0.15) is 20.8 Å². The lowest BCUT2D eigenvalue weighted by atomic mass is 10.0. The fraction of sp³-hybridized carbons (Fsp3) is 0.438. The van der Waals surface area contributed by atoms with E-state index in [1.165, 1.54) is 36.8 Å². The molecule has 132 valence electrons. The van der Waals surface area contributed by atoms with E-state index in [2.05, 4.69) is 11.8 Å². The van der Waals surface area contributed by atoms with Crippen LogP contribution >= 0.6 is 0 Å². The van der Waals surface area contributed by atoms with Gasteiger partial charge in [0.15, 0.2) is 0 Å². The standard InChI is InChI=1S/C16H22N2O5S/c1-5-6-11-23-13-7-9-14(10-8-13)24(21,22)18(4)15(12(2)3)16(19)17-20/h7-10,12,15,20H,11H2,1-4H3,(H,17,19)/t15-/m1/s1. The van der Waals surface area contributed by atoms with Crippen molar-refractivity contribution in [1.82, 2.24) is 9.79 Å². The highest BCUT2D eigenvalue weighted by atomic mass is 32.2. The molecule has 0 aliphatic heterocycles. The van der Waals surface area contributed by atoms with Crippen molar-refractivity contribution < 1.29 is 23.2 Å². The molecule has 1 amide bonds. The molecule has 0 saturated heterocycles. The van der Waals surface area contributed by atoms with Crippen LogP contribution in [0, 0.1) is 17.8 Å². The van der Waals surface area contributed by atoms with Crippen LogP contribution in [0.5, 0.6) is 5.75 Å². The molecule has 2 N–H and O–H groups in total. The molecular formula is C16H22N2O5S. The monoisotopic (exact) mass is 354 g/mol. The Bertz CT molecular complexity index is 717. The van der Waals surface area contributed by atoms with Gasteiger partial charge in [0.05, 0.1) is 4.90 Å². The van der Waals surface area contributed by atoms with Gasteiger partial charge in [0.2, 0.25) is 10.0 Å². The second kappa shape index (κ2) is 8.68. The number of carbonyl (C=O) groups excluding carboxylic acids is 1. The van der Waals surface area contributed by atoms with Crippen molar-refractivity contribution in [2.75, 3.05) is 13.7 Å². The summed E-state index contributed by atoms with van der Waals surface area (Å²) in [5.74, 6) is 4.81. The van der Waals surface area contributed by atoms with E-state index in [0.717, 1.165) is 4.31 Å². The van der Waals surface area contributed by atoms with Crippen molar-refractivity contribution in [3.63, 3.8) is 0 Å². The molecule has 8 heteroatoms. The van der Waals surface area contributed by atoms with Crippen LogP contribution in [0.3, 0.4) is 0 Å². The Hall–Kier alpha value is -2.08. The third-order valence-corrected chi connectivity index (χ3v) is 5.24. The zero-order chi connectivity index (χ0) is 18.3. The molecule has 0 aliphatic rings.